The number of pyridine rings is 2. The molecule has 0 bridgehead atoms. The van der Waals surface area contributed by atoms with Gasteiger partial charge in [-0.1, -0.05) is 24.3 Å². The van der Waals surface area contributed by atoms with Crippen molar-refractivity contribution in [3.05, 3.63) is 110 Å². The largest absolute Gasteiger partial charge is 0.288 e. The normalized spacial score (nSPS) is 11.4. The summed E-state index contributed by atoms with van der Waals surface area (Å²) in [5, 5.41) is 9.53. The Bertz CT molecular complexity index is 1500. The molecule has 4 rings (SSSR count). The fourth-order valence-electron chi connectivity index (χ4n) is 3.37. The Morgan fingerprint density at radius 3 is 2.52 bits per heavy atom. The highest BCUT2D eigenvalue weighted by molar-refractivity contribution is 9.10. The molecule has 162 valence electrons. The summed E-state index contributed by atoms with van der Waals surface area (Å²) in [6.45, 7) is 1.78. The third kappa shape index (κ3) is 4.78. The molecule has 0 spiro atoms. The van der Waals surface area contributed by atoms with Gasteiger partial charge in [-0.15, -0.1) is 0 Å². The topological polar surface area (TPSA) is 88.1 Å². The van der Waals surface area contributed by atoms with Crippen LogP contribution in [0.4, 0.5) is 4.39 Å². The average molecular weight is 503 g/mol. The SMILES string of the molecule is C/C(=N\C(=O)c1cc2cc(Br)cnc2n(Cc2ccc(F)cc2)c1=O)c1ccc(C#N)cc1. The van der Waals surface area contributed by atoms with Gasteiger partial charge in [-0.3, -0.25) is 14.2 Å². The summed E-state index contributed by atoms with van der Waals surface area (Å²) < 4.78 is 15.4. The standard InChI is InChI=1S/C25H16BrFN4O2/c1-15(18-6-2-16(12-28)3-7-18)30-24(32)22-11-19-10-20(26)13-29-23(19)31(25(22)33)14-17-4-8-21(27)9-5-17/h2-11,13H,14H2,1H3/b30-15+. The summed E-state index contributed by atoms with van der Waals surface area (Å²) in [5.41, 5.74) is 2.03. The van der Waals surface area contributed by atoms with Crippen molar-refractivity contribution in [1.82, 2.24) is 9.55 Å². The van der Waals surface area contributed by atoms with Gasteiger partial charge in [0.1, 0.15) is 17.0 Å². The maximum absolute atomic E-state index is 13.3. The van der Waals surface area contributed by atoms with Crippen LogP contribution in [0.2, 0.25) is 0 Å². The summed E-state index contributed by atoms with van der Waals surface area (Å²) in [5.74, 6) is -1.06. The van der Waals surface area contributed by atoms with Crippen LogP contribution >= 0.6 is 15.9 Å². The van der Waals surface area contributed by atoms with E-state index in [2.05, 4.69) is 25.9 Å². The molecule has 0 atom stereocenters. The molecule has 33 heavy (non-hydrogen) atoms. The molecule has 0 saturated heterocycles. The number of rotatable bonds is 4. The van der Waals surface area contributed by atoms with Crippen molar-refractivity contribution in [3.8, 4) is 6.07 Å². The molecule has 0 N–H and O–H groups in total. The van der Waals surface area contributed by atoms with Crippen LogP contribution in [-0.2, 0) is 6.54 Å². The smallest absolute Gasteiger partial charge is 0.282 e. The zero-order chi connectivity index (χ0) is 23.5. The van der Waals surface area contributed by atoms with Crippen LogP contribution in [0, 0.1) is 17.1 Å². The van der Waals surface area contributed by atoms with Crippen molar-refractivity contribution in [1.29, 1.82) is 5.26 Å². The minimum absolute atomic E-state index is 0.0995. The molecule has 4 aromatic rings. The lowest BCUT2D eigenvalue weighted by atomic mass is 10.1. The van der Waals surface area contributed by atoms with E-state index in [0.717, 1.165) is 0 Å². The van der Waals surface area contributed by atoms with Gasteiger partial charge in [-0.25, -0.2) is 14.4 Å². The van der Waals surface area contributed by atoms with Crippen molar-refractivity contribution in [2.45, 2.75) is 13.5 Å². The maximum Gasteiger partial charge on any atom is 0.282 e. The number of aliphatic imine (C=N–C) groups is 1. The van der Waals surface area contributed by atoms with Gasteiger partial charge in [0, 0.05) is 21.8 Å². The number of amides is 1. The number of benzene rings is 2. The summed E-state index contributed by atoms with van der Waals surface area (Å²) in [4.78, 5) is 34.8. The molecule has 6 nitrogen and oxygen atoms in total. The zero-order valence-corrected chi connectivity index (χ0v) is 19.0. The molecule has 0 aliphatic rings. The Morgan fingerprint density at radius 1 is 1.15 bits per heavy atom. The first-order valence-electron chi connectivity index (χ1n) is 9.89. The number of aromatic nitrogens is 2. The first kappa shape index (κ1) is 22.2. The number of fused-ring (bicyclic) bond motifs is 1. The minimum Gasteiger partial charge on any atom is -0.288 e. The lowest BCUT2D eigenvalue weighted by Crippen LogP contribution is -2.27. The summed E-state index contributed by atoms with van der Waals surface area (Å²) >= 11 is 3.37. The molecule has 0 unspecified atom stereocenters. The van der Waals surface area contributed by atoms with Crippen LogP contribution in [-0.4, -0.2) is 21.2 Å². The van der Waals surface area contributed by atoms with Gasteiger partial charge in [-0.05, 0) is 70.4 Å². The third-order valence-electron chi connectivity index (χ3n) is 5.08. The number of hydrogen-bond acceptors (Lipinski definition) is 4. The van der Waals surface area contributed by atoms with Crippen LogP contribution in [0.5, 0.6) is 0 Å². The molecular weight excluding hydrogens is 487 g/mol. The molecule has 8 heteroatoms. The van der Waals surface area contributed by atoms with E-state index in [4.69, 9.17) is 5.26 Å². The van der Waals surface area contributed by atoms with Crippen molar-refractivity contribution in [2.24, 2.45) is 4.99 Å². The quantitative estimate of drug-likeness (QED) is 0.372. The van der Waals surface area contributed by atoms with E-state index in [9.17, 15) is 14.0 Å². The molecule has 0 aliphatic carbocycles. The lowest BCUT2D eigenvalue weighted by Gasteiger charge is -2.12. The molecule has 0 aliphatic heterocycles. The number of carbonyl (C=O) groups excluding carboxylic acids is 1. The fourth-order valence-corrected chi connectivity index (χ4v) is 3.72. The second-order valence-electron chi connectivity index (χ2n) is 7.33. The summed E-state index contributed by atoms with van der Waals surface area (Å²) in [7, 11) is 0. The molecule has 1 amide bonds. The summed E-state index contributed by atoms with van der Waals surface area (Å²) in [6.07, 6.45) is 1.57. The highest BCUT2D eigenvalue weighted by Crippen LogP contribution is 2.19. The second kappa shape index (κ2) is 9.27. The Morgan fingerprint density at radius 2 is 1.85 bits per heavy atom. The van der Waals surface area contributed by atoms with Gasteiger partial charge in [0.15, 0.2) is 0 Å². The summed E-state index contributed by atoms with van der Waals surface area (Å²) in [6, 6.07) is 17.7. The van der Waals surface area contributed by atoms with Crippen molar-refractivity contribution < 1.29 is 9.18 Å². The third-order valence-corrected chi connectivity index (χ3v) is 5.51. The van der Waals surface area contributed by atoms with Crippen molar-refractivity contribution in [2.75, 3.05) is 0 Å². The van der Waals surface area contributed by atoms with E-state index in [0.29, 0.717) is 37.9 Å². The Labute approximate surface area is 196 Å². The van der Waals surface area contributed by atoms with Gasteiger partial charge in [-0.2, -0.15) is 5.26 Å². The number of carbonyl (C=O) groups is 1. The lowest BCUT2D eigenvalue weighted by molar-refractivity contribution is 0.100. The molecule has 2 aromatic heterocycles. The Hall–Kier alpha value is -3.96. The predicted octanol–water partition coefficient (Wildman–Crippen LogP) is 4.87. The van der Waals surface area contributed by atoms with Crippen LogP contribution in [0.1, 0.15) is 34.0 Å². The van der Waals surface area contributed by atoms with Crippen LogP contribution in [0.3, 0.4) is 0 Å². The molecular formula is C25H16BrFN4O2. The van der Waals surface area contributed by atoms with Crippen LogP contribution in [0.15, 0.2) is 81.1 Å². The van der Waals surface area contributed by atoms with E-state index >= 15 is 0 Å². The number of halogens is 2. The van der Waals surface area contributed by atoms with Crippen LogP contribution < -0.4 is 5.56 Å². The number of nitrogens with zero attached hydrogens (tertiary/aromatic N) is 4. The Kier molecular flexibility index (Phi) is 6.24. The number of nitriles is 1. The molecule has 0 radical (unpaired) electrons. The van der Waals surface area contributed by atoms with E-state index < -0.39 is 11.5 Å². The van der Waals surface area contributed by atoms with Gasteiger partial charge in [0.2, 0.25) is 0 Å². The molecule has 0 saturated carbocycles. The van der Waals surface area contributed by atoms with Gasteiger partial charge in [0.25, 0.3) is 11.5 Å². The highest BCUT2D eigenvalue weighted by atomic mass is 79.9. The van der Waals surface area contributed by atoms with E-state index in [1.165, 1.54) is 22.8 Å². The minimum atomic E-state index is -0.684. The van der Waals surface area contributed by atoms with E-state index in [1.54, 1.807) is 55.6 Å². The fraction of sp³-hybridized carbons (Fsp3) is 0.0800. The second-order valence-corrected chi connectivity index (χ2v) is 8.25. The van der Waals surface area contributed by atoms with Gasteiger partial charge < -0.3 is 0 Å². The maximum atomic E-state index is 13.3. The Balaban J connectivity index is 1.80. The van der Waals surface area contributed by atoms with Crippen molar-refractivity contribution in [3.63, 3.8) is 0 Å². The van der Waals surface area contributed by atoms with Gasteiger partial charge in [0.05, 0.1) is 18.2 Å². The first-order chi connectivity index (χ1) is 15.9. The van der Waals surface area contributed by atoms with E-state index in [1.807, 2.05) is 6.07 Å². The molecule has 2 aromatic carbocycles. The number of hydrogen-bond donors (Lipinski definition) is 0. The van der Waals surface area contributed by atoms with E-state index in [-0.39, 0.29) is 17.9 Å². The average Bonchev–Trinajstić information content (AvgIpc) is 2.81. The van der Waals surface area contributed by atoms with Gasteiger partial charge >= 0.3 is 0 Å². The molecule has 2 heterocycles. The highest BCUT2D eigenvalue weighted by Gasteiger charge is 2.17. The predicted molar refractivity (Wildman–Crippen MR) is 127 cm³/mol. The monoisotopic (exact) mass is 502 g/mol. The van der Waals surface area contributed by atoms with Crippen molar-refractivity contribution >= 4 is 38.6 Å². The van der Waals surface area contributed by atoms with Crippen LogP contribution in [0.25, 0.3) is 11.0 Å². The first-order valence-corrected chi connectivity index (χ1v) is 10.7. The molecule has 0 fully saturated rings. The zero-order valence-electron chi connectivity index (χ0n) is 17.4.